The Bertz CT molecular complexity index is 237. The highest BCUT2D eigenvalue weighted by Gasteiger charge is 2.15. The van der Waals surface area contributed by atoms with Gasteiger partial charge in [0.2, 0.25) is 0 Å². The van der Waals surface area contributed by atoms with Gasteiger partial charge in [0.05, 0.1) is 5.92 Å². The molecule has 0 aliphatic rings. The molecule has 0 fully saturated rings. The molecule has 0 aromatic carbocycles. The normalized spacial score (nSPS) is 13.6. The van der Waals surface area contributed by atoms with E-state index in [-0.39, 0.29) is 5.92 Å². The van der Waals surface area contributed by atoms with Crippen molar-refractivity contribution in [3.8, 4) is 11.8 Å². The van der Waals surface area contributed by atoms with Crippen molar-refractivity contribution in [3.63, 3.8) is 0 Å². The SMILES string of the molecule is CCCCCC#CC(O)C(C=O)CCCCC. The lowest BCUT2D eigenvalue weighted by atomic mass is 9.97. The highest BCUT2D eigenvalue weighted by atomic mass is 16.3. The Labute approximate surface area is 106 Å². The fourth-order valence-electron chi connectivity index (χ4n) is 1.68. The van der Waals surface area contributed by atoms with Crippen LogP contribution in [0.5, 0.6) is 0 Å². The number of aldehydes is 1. The number of hydrogen-bond acceptors (Lipinski definition) is 2. The van der Waals surface area contributed by atoms with Crippen LogP contribution < -0.4 is 0 Å². The molecule has 2 atom stereocenters. The molecule has 1 N–H and O–H groups in total. The van der Waals surface area contributed by atoms with E-state index < -0.39 is 6.10 Å². The minimum absolute atomic E-state index is 0.305. The first kappa shape index (κ1) is 16.2. The summed E-state index contributed by atoms with van der Waals surface area (Å²) < 4.78 is 0. The number of rotatable bonds is 9. The summed E-state index contributed by atoms with van der Waals surface area (Å²) in [6.45, 7) is 4.28. The maximum atomic E-state index is 10.8. The second kappa shape index (κ2) is 11.7. The monoisotopic (exact) mass is 238 g/mol. The van der Waals surface area contributed by atoms with Gasteiger partial charge in [-0.15, -0.1) is 5.92 Å². The number of hydrogen-bond donors (Lipinski definition) is 1. The maximum Gasteiger partial charge on any atom is 0.126 e. The van der Waals surface area contributed by atoms with Crippen molar-refractivity contribution in [2.24, 2.45) is 5.92 Å². The third kappa shape index (κ3) is 8.94. The molecule has 2 heteroatoms. The van der Waals surface area contributed by atoms with E-state index >= 15 is 0 Å². The average molecular weight is 238 g/mol. The Morgan fingerprint density at radius 1 is 1.12 bits per heavy atom. The summed E-state index contributed by atoms with van der Waals surface area (Å²) in [7, 11) is 0. The summed E-state index contributed by atoms with van der Waals surface area (Å²) >= 11 is 0. The molecule has 2 unspecified atom stereocenters. The first-order valence-electron chi connectivity index (χ1n) is 6.88. The highest BCUT2D eigenvalue weighted by molar-refractivity contribution is 5.55. The summed E-state index contributed by atoms with van der Waals surface area (Å²) in [6.07, 6.45) is 8.33. The molecule has 98 valence electrons. The van der Waals surface area contributed by atoms with Gasteiger partial charge in [0.1, 0.15) is 12.4 Å². The first-order valence-corrected chi connectivity index (χ1v) is 6.88. The van der Waals surface area contributed by atoms with E-state index in [0.717, 1.165) is 44.8 Å². The fraction of sp³-hybridized carbons (Fsp3) is 0.800. The molecule has 2 nitrogen and oxygen atoms in total. The lowest BCUT2D eigenvalue weighted by Crippen LogP contribution is -2.19. The van der Waals surface area contributed by atoms with E-state index in [1.165, 1.54) is 12.8 Å². The summed E-state index contributed by atoms with van der Waals surface area (Å²) in [5.41, 5.74) is 0. The molecule has 0 aliphatic heterocycles. The maximum absolute atomic E-state index is 10.8. The van der Waals surface area contributed by atoms with E-state index in [1.54, 1.807) is 0 Å². The second-order valence-corrected chi connectivity index (χ2v) is 4.52. The molecule has 17 heavy (non-hydrogen) atoms. The summed E-state index contributed by atoms with van der Waals surface area (Å²) in [5, 5.41) is 9.76. The zero-order valence-electron chi connectivity index (χ0n) is 11.2. The van der Waals surface area contributed by atoms with Crippen molar-refractivity contribution in [2.75, 3.05) is 0 Å². The number of carbonyl (C=O) groups is 1. The Morgan fingerprint density at radius 3 is 2.35 bits per heavy atom. The predicted octanol–water partition coefficient (Wildman–Crippen LogP) is 3.33. The standard InChI is InChI=1S/C15H26O2/c1-3-5-7-8-10-12-15(17)14(13-16)11-9-6-4-2/h13-15,17H,3-9,11H2,1-2H3. The number of carbonyl (C=O) groups excluding carboxylic acids is 1. The lowest BCUT2D eigenvalue weighted by Gasteiger charge is -2.11. The third-order valence-electron chi connectivity index (χ3n) is 2.88. The summed E-state index contributed by atoms with van der Waals surface area (Å²) in [4.78, 5) is 10.8. The van der Waals surface area contributed by atoms with Crippen molar-refractivity contribution in [2.45, 2.75) is 71.3 Å². The molecule has 0 radical (unpaired) electrons. The van der Waals surface area contributed by atoms with Gasteiger partial charge >= 0.3 is 0 Å². The van der Waals surface area contributed by atoms with Gasteiger partial charge in [-0.2, -0.15) is 0 Å². The zero-order valence-corrected chi connectivity index (χ0v) is 11.2. The van der Waals surface area contributed by atoms with Crippen molar-refractivity contribution in [1.29, 1.82) is 0 Å². The van der Waals surface area contributed by atoms with Gasteiger partial charge in [-0.3, -0.25) is 0 Å². The zero-order chi connectivity index (χ0) is 12.9. The largest absolute Gasteiger partial charge is 0.380 e. The Balaban J connectivity index is 3.88. The molecule has 0 aromatic heterocycles. The molecule has 0 saturated heterocycles. The van der Waals surface area contributed by atoms with Gasteiger partial charge < -0.3 is 9.90 Å². The molecule has 0 saturated carbocycles. The van der Waals surface area contributed by atoms with Crippen LogP contribution in [-0.2, 0) is 4.79 Å². The van der Waals surface area contributed by atoms with Gasteiger partial charge in [-0.25, -0.2) is 0 Å². The van der Waals surface area contributed by atoms with Crippen LogP contribution in [0.3, 0.4) is 0 Å². The summed E-state index contributed by atoms with van der Waals surface area (Å²) in [6, 6.07) is 0. The van der Waals surface area contributed by atoms with Gasteiger partial charge in [0.15, 0.2) is 0 Å². The molecular formula is C15H26O2. The molecule has 0 rings (SSSR count). The van der Waals surface area contributed by atoms with Gasteiger partial charge in [0, 0.05) is 6.42 Å². The van der Waals surface area contributed by atoms with Gasteiger partial charge in [-0.05, 0) is 12.8 Å². The minimum Gasteiger partial charge on any atom is -0.380 e. The average Bonchev–Trinajstić information content (AvgIpc) is 2.34. The Morgan fingerprint density at radius 2 is 1.76 bits per heavy atom. The van der Waals surface area contributed by atoms with Crippen LogP contribution in [0.2, 0.25) is 0 Å². The van der Waals surface area contributed by atoms with Crippen molar-refractivity contribution >= 4 is 6.29 Å². The van der Waals surface area contributed by atoms with Crippen LogP contribution in [0.1, 0.15) is 65.2 Å². The molecule has 0 aromatic rings. The van der Waals surface area contributed by atoms with Crippen LogP contribution in [-0.4, -0.2) is 17.5 Å². The Hall–Kier alpha value is -0.810. The third-order valence-corrected chi connectivity index (χ3v) is 2.88. The van der Waals surface area contributed by atoms with Crippen molar-refractivity contribution in [1.82, 2.24) is 0 Å². The van der Waals surface area contributed by atoms with E-state index in [0.29, 0.717) is 0 Å². The van der Waals surface area contributed by atoms with Crippen LogP contribution in [0.4, 0.5) is 0 Å². The lowest BCUT2D eigenvalue weighted by molar-refractivity contribution is -0.113. The van der Waals surface area contributed by atoms with Crippen molar-refractivity contribution in [3.05, 3.63) is 0 Å². The first-order chi connectivity index (χ1) is 8.26. The van der Waals surface area contributed by atoms with E-state index in [2.05, 4.69) is 25.7 Å². The van der Waals surface area contributed by atoms with E-state index in [9.17, 15) is 9.90 Å². The van der Waals surface area contributed by atoms with Crippen LogP contribution >= 0.6 is 0 Å². The number of aliphatic hydroxyl groups excluding tert-OH is 1. The smallest absolute Gasteiger partial charge is 0.126 e. The predicted molar refractivity (Wildman–Crippen MR) is 71.6 cm³/mol. The fourth-order valence-corrected chi connectivity index (χ4v) is 1.68. The van der Waals surface area contributed by atoms with Crippen LogP contribution in [0.25, 0.3) is 0 Å². The highest BCUT2D eigenvalue weighted by Crippen LogP contribution is 2.11. The topological polar surface area (TPSA) is 37.3 Å². The number of unbranched alkanes of at least 4 members (excludes halogenated alkanes) is 5. The van der Waals surface area contributed by atoms with Gasteiger partial charge in [0.25, 0.3) is 0 Å². The molecule has 0 aliphatic carbocycles. The van der Waals surface area contributed by atoms with Crippen LogP contribution in [0.15, 0.2) is 0 Å². The van der Waals surface area contributed by atoms with Gasteiger partial charge in [-0.1, -0.05) is 51.9 Å². The quantitative estimate of drug-likeness (QED) is 0.380. The molecular weight excluding hydrogens is 212 g/mol. The van der Waals surface area contributed by atoms with Crippen LogP contribution in [0, 0.1) is 17.8 Å². The van der Waals surface area contributed by atoms with E-state index in [1.807, 2.05) is 0 Å². The second-order valence-electron chi connectivity index (χ2n) is 4.52. The molecule has 0 amide bonds. The Kier molecular flexibility index (Phi) is 11.1. The molecule has 0 spiro atoms. The molecule has 0 bridgehead atoms. The van der Waals surface area contributed by atoms with E-state index in [4.69, 9.17) is 0 Å². The minimum atomic E-state index is -0.772. The molecule has 0 heterocycles. The summed E-state index contributed by atoms with van der Waals surface area (Å²) in [5.74, 6) is 5.45. The van der Waals surface area contributed by atoms with Crippen molar-refractivity contribution < 1.29 is 9.90 Å². The number of aliphatic hydroxyl groups is 1.